The van der Waals surface area contributed by atoms with Gasteiger partial charge in [0.05, 0.1) is 0 Å². The first-order chi connectivity index (χ1) is 11.4. The van der Waals surface area contributed by atoms with E-state index >= 15 is 0 Å². The molecule has 0 spiro atoms. The fraction of sp³-hybridized carbons (Fsp3) is 0.571. The third-order valence-corrected chi connectivity index (χ3v) is 2.13. The fourth-order valence-electron chi connectivity index (χ4n) is 0.412. The Balaban J connectivity index is -0.0000000495. The molecule has 0 amide bonds. The molecule has 0 aliphatic heterocycles. The van der Waals surface area contributed by atoms with E-state index in [1.54, 1.807) is 0 Å². The van der Waals surface area contributed by atoms with Crippen molar-refractivity contribution in [3.05, 3.63) is 45.9 Å². The molecule has 0 saturated heterocycles. The number of aromatic hydroxyl groups is 2. The summed E-state index contributed by atoms with van der Waals surface area (Å²) in [5, 5.41) is 17.1. The molecule has 162 valence electrons. The summed E-state index contributed by atoms with van der Waals surface area (Å²) in [7, 11) is 0. The van der Waals surface area contributed by atoms with E-state index in [1.165, 1.54) is 43.9 Å². The molecule has 0 saturated carbocycles. The molecule has 0 atom stereocenters. The molecule has 26 heavy (non-hydrogen) atoms. The standard InChI is InChI=1S/C5H5NO2.4C4H9.2Pt/c7-4-2-1-3-5(8)6-4;4*1-3-4-2;;/h1-3H,(H2,6,7,8);4*1,3-4H2,2H3;;/q;4*-1;2*+2. The van der Waals surface area contributed by atoms with Crippen molar-refractivity contribution >= 4 is 0 Å². The van der Waals surface area contributed by atoms with E-state index in [0.29, 0.717) is 0 Å². The molecular weight excluding hydrogens is 688 g/mol. The minimum absolute atomic E-state index is 0. The SMILES string of the molecule is Oc1cccc(O)n1.[CH2-]CCC.[CH2-]CCC.[CH2-]CCC.[CH2-]CCC.[Pt+2].[Pt+2]. The molecule has 0 radical (unpaired) electrons. The summed E-state index contributed by atoms with van der Waals surface area (Å²) in [6.07, 6.45) is 9.11. The second-order valence-electron chi connectivity index (χ2n) is 4.77. The largest absolute Gasteiger partial charge is 2.00 e. The average molecular weight is 730 g/mol. The minimum Gasteiger partial charge on any atom is -0.493 e. The van der Waals surface area contributed by atoms with Gasteiger partial charge in [-0.3, -0.25) is 0 Å². The van der Waals surface area contributed by atoms with Crippen LogP contribution in [-0.4, -0.2) is 15.2 Å². The fourth-order valence-corrected chi connectivity index (χ4v) is 0.412. The molecule has 5 heteroatoms. The van der Waals surface area contributed by atoms with E-state index in [0.717, 1.165) is 25.7 Å². The third kappa shape index (κ3) is 64.7. The molecule has 0 aliphatic rings. The minimum atomic E-state index is -0.162. The van der Waals surface area contributed by atoms with Crippen molar-refractivity contribution in [2.45, 2.75) is 79.1 Å². The summed E-state index contributed by atoms with van der Waals surface area (Å²) in [5.41, 5.74) is 0. The summed E-state index contributed by atoms with van der Waals surface area (Å²) in [6.45, 7) is 22.9. The van der Waals surface area contributed by atoms with Crippen LogP contribution in [0.15, 0.2) is 18.2 Å². The first-order valence-corrected chi connectivity index (χ1v) is 8.97. The van der Waals surface area contributed by atoms with Gasteiger partial charge in [0.2, 0.25) is 11.8 Å². The molecular formula is C21H41NO2Pt2. The van der Waals surface area contributed by atoms with Gasteiger partial charge in [0.25, 0.3) is 0 Å². The summed E-state index contributed by atoms with van der Waals surface area (Å²) >= 11 is 0. The monoisotopic (exact) mass is 729 g/mol. The second kappa shape index (κ2) is 44.5. The second-order valence-corrected chi connectivity index (χ2v) is 4.77. The van der Waals surface area contributed by atoms with Gasteiger partial charge in [-0.1, -0.05) is 59.4 Å². The molecule has 0 unspecified atom stereocenters. The topological polar surface area (TPSA) is 53.4 Å². The zero-order valence-electron chi connectivity index (χ0n) is 17.2. The van der Waals surface area contributed by atoms with Gasteiger partial charge in [-0.05, 0) is 0 Å². The van der Waals surface area contributed by atoms with Crippen LogP contribution in [0.2, 0.25) is 0 Å². The Labute approximate surface area is 193 Å². The van der Waals surface area contributed by atoms with Gasteiger partial charge < -0.3 is 37.9 Å². The number of hydrogen-bond acceptors (Lipinski definition) is 3. The molecule has 2 N–H and O–H groups in total. The normalized spacial score (nSPS) is 7.38. The summed E-state index contributed by atoms with van der Waals surface area (Å²) in [4.78, 5) is 3.28. The van der Waals surface area contributed by atoms with Crippen molar-refractivity contribution in [1.29, 1.82) is 0 Å². The number of unbranched alkanes of at least 4 members (excludes halogenated alkanes) is 4. The smallest absolute Gasteiger partial charge is 0.493 e. The van der Waals surface area contributed by atoms with Crippen LogP contribution in [-0.2, 0) is 42.1 Å². The maximum absolute atomic E-state index is 8.54. The van der Waals surface area contributed by atoms with Gasteiger partial charge in [-0.25, -0.2) is 0 Å². The predicted octanol–water partition coefficient (Wildman–Crippen LogP) is 6.97. The molecule has 0 aliphatic carbocycles. The van der Waals surface area contributed by atoms with Gasteiger partial charge in [0.1, 0.15) is 0 Å². The number of aromatic nitrogens is 1. The Morgan fingerprint density at radius 3 is 0.923 bits per heavy atom. The Morgan fingerprint density at radius 1 is 0.654 bits per heavy atom. The zero-order chi connectivity index (χ0) is 19.6. The van der Waals surface area contributed by atoms with E-state index in [-0.39, 0.29) is 53.9 Å². The zero-order valence-corrected chi connectivity index (χ0v) is 21.7. The van der Waals surface area contributed by atoms with Gasteiger partial charge >= 0.3 is 42.1 Å². The summed E-state index contributed by atoms with van der Waals surface area (Å²) < 4.78 is 0. The first-order valence-electron chi connectivity index (χ1n) is 8.97. The van der Waals surface area contributed by atoms with E-state index in [9.17, 15) is 0 Å². The number of rotatable bonds is 4. The van der Waals surface area contributed by atoms with Crippen LogP contribution < -0.4 is 0 Å². The van der Waals surface area contributed by atoms with Gasteiger partial charge in [0.15, 0.2) is 0 Å². The Morgan fingerprint density at radius 2 is 0.846 bits per heavy atom. The predicted molar refractivity (Wildman–Crippen MR) is 109 cm³/mol. The van der Waals surface area contributed by atoms with E-state index in [1.807, 2.05) is 0 Å². The van der Waals surface area contributed by atoms with Crippen molar-refractivity contribution in [1.82, 2.24) is 4.98 Å². The van der Waals surface area contributed by atoms with Crippen LogP contribution in [0.25, 0.3) is 0 Å². The van der Waals surface area contributed by atoms with Gasteiger partial charge in [-0.2, -0.15) is 30.7 Å². The molecule has 1 aromatic heterocycles. The van der Waals surface area contributed by atoms with E-state index in [4.69, 9.17) is 10.2 Å². The third-order valence-electron chi connectivity index (χ3n) is 2.13. The van der Waals surface area contributed by atoms with Crippen LogP contribution >= 0.6 is 0 Å². The van der Waals surface area contributed by atoms with Crippen LogP contribution in [0.4, 0.5) is 0 Å². The van der Waals surface area contributed by atoms with E-state index < -0.39 is 0 Å². The molecule has 0 bridgehead atoms. The number of nitrogens with zero attached hydrogens (tertiary/aromatic N) is 1. The van der Waals surface area contributed by atoms with Crippen molar-refractivity contribution in [2.24, 2.45) is 0 Å². The maximum atomic E-state index is 8.54. The number of hydrogen-bond donors (Lipinski definition) is 2. The molecule has 1 rings (SSSR count). The first kappa shape index (κ1) is 40.7. The summed E-state index contributed by atoms with van der Waals surface area (Å²) in [5.74, 6) is -0.324. The van der Waals surface area contributed by atoms with Crippen molar-refractivity contribution in [3.8, 4) is 11.8 Å². The van der Waals surface area contributed by atoms with Crippen LogP contribution in [0, 0.1) is 27.7 Å². The Kier molecular flexibility index (Phi) is 69.7. The van der Waals surface area contributed by atoms with E-state index in [2.05, 4.69) is 60.4 Å². The number of pyridine rings is 1. The van der Waals surface area contributed by atoms with Gasteiger partial charge in [-0.15, -0.1) is 0 Å². The van der Waals surface area contributed by atoms with Crippen LogP contribution in [0.5, 0.6) is 11.8 Å². The molecule has 0 aromatic carbocycles. The molecule has 3 nitrogen and oxygen atoms in total. The Bertz CT molecular complexity index is 260. The maximum Gasteiger partial charge on any atom is 2.00 e. The van der Waals surface area contributed by atoms with Crippen LogP contribution in [0.1, 0.15) is 79.1 Å². The van der Waals surface area contributed by atoms with Crippen molar-refractivity contribution in [3.63, 3.8) is 0 Å². The van der Waals surface area contributed by atoms with Crippen LogP contribution in [0.3, 0.4) is 0 Å². The summed E-state index contributed by atoms with van der Waals surface area (Å²) in [6, 6.07) is 4.29. The molecule has 1 heterocycles. The van der Waals surface area contributed by atoms with Gasteiger partial charge in [0, 0.05) is 12.1 Å². The molecule has 1 aromatic rings. The quantitative estimate of drug-likeness (QED) is 0.330. The Hall–Kier alpha value is 0.127. The van der Waals surface area contributed by atoms with Crippen molar-refractivity contribution in [2.75, 3.05) is 0 Å². The molecule has 0 fully saturated rings. The van der Waals surface area contributed by atoms with Crippen molar-refractivity contribution < 1.29 is 52.3 Å². The average Bonchev–Trinajstić information content (AvgIpc) is 2.62.